The van der Waals surface area contributed by atoms with Crippen molar-refractivity contribution in [3.63, 3.8) is 0 Å². The number of nitrogens with zero attached hydrogens (tertiary/aromatic N) is 1. The summed E-state index contributed by atoms with van der Waals surface area (Å²) >= 11 is 0. The van der Waals surface area contributed by atoms with Crippen LogP contribution in [0.3, 0.4) is 0 Å². The summed E-state index contributed by atoms with van der Waals surface area (Å²) in [5, 5.41) is 0. The van der Waals surface area contributed by atoms with Gasteiger partial charge in [-0.25, -0.2) is 0 Å². The number of nitrogens with two attached hydrogens (primary N) is 1. The second-order valence-corrected chi connectivity index (χ2v) is 5.15. The maximum Gasteiger partial charge on any atom is 0.0295 e. The van der Waals surface area contributed by atoms with E-state index in [0.717, 1.165) is 6.42 Å². The van der Waals surface area contributed by atoms with Gasteiger partial charge in [-0.15, -0.1) is 0 Å². The molecule has 1 rings (SSSR count). The van der Waals surface area contributed by atoms with Crippen molar-refractivity contribution in [2.24, 2.45) is 5.73 Å². The van der Waals surface area contributed by atoms with Gasteiger partial charge in [0, 0.05) is 18.4 Å². The first-order valence-electron chi connectivity index (χ1n) is 7.50. The van der Waals surface area contributed by atoms with Gasteiger partial charge in [0.15, 0.2) is 0 Å². The topological polar surface area (TPSA) is 38.9 Å². The summed E-state index contributed by atoms with van der Waals surface area (Å²) in [5.41, 5.74) is 7.36. The Hall–Kier alpha value is -0.890. The molecule has 102 valence electrons. The fourth-order valence-corrected chi connectivity index (χ4v) is 2.28. The Bertz CT molecular complexity index is 284. The molecule has 2 N–H and O–H groups in total. The van der Waals surface area contributed by atoms with Crippen LogP contribution in [0.5, 0.6) is 0 Å². The number of pyridine rings is 1. The van der Waals surface area contributed by atoms with Crippen molar-refractivity contribution in [3.8, 4) is 0 Å². The van der Waals surface area contributed by atoms with Gasteiger partial charge in [-0.2, -0.15) is 0 Å². The highest BCUT2D eigenvalue weighted by Gasteiger charge is 2.04. The molecule has 0 aliphatic rings. The molecule has 2 nitrogen and oxygen atoms in total. The van der Waals surface area contributed by atoms with Crippen molar-refractivity contribution in [1.82, 2.24) is 4.98 Å². The molecular weight excluding hydrogens is 220 g/mol. The first-order chi connectivity index (χ1) is 8.84. The lowest BCUT2D eigenvalue weighted by Gasteiger charge is -2.11. The predicted octanol–water partition coefficient (Wildman–Crippen LogP) is 4.61. The van der Waals surface area contributed by atoms with Gasteiger partial charge in [0.25, 0.3) is 0 Å². The van der Waals surface area contributed by atoms with Crippen molar-refractivity contribution in [2.75, 3.05) is 0 Å². The second kappa shape index (κ2) is 10.1. The van der Waals surface area contributed by atoms with E-state index in [2.05, 4.69) is 11.9 Å². The lowest BCUT2D eigenvalue weighted by molar-refractivity contribution is 0.536. The average Bonchev–Trinajstić information content (AvgIpc) is 2.42. The van der Waals surface area contributed by atoms with Gasteiger partial charge in [-0.3, -0.25) is 4.98 Å². The molecule has 0 saturated carbocycles. The van der Waals surface area contributed by atoms with E-state index in [0.29, 0.717) is 0 Å². The average molecular weight is 248 g/mol. The van der Waals surface area contributed by atoms with Crippen molar-refractivity contribution in [3.05, 3.63) is 30.1 Å². The highest BCUT2D eigenvalue weighted by Crippen LogP contribution is 2.17. The zero-order chi connectivity index (χ0) is 13.1. The minimum Gasteiger partial charge on any atom is -0.324 e. The Balaban J connectivity index is 1.98. The molecule has 0 radical (unpaired) electrons. The number of unbranched alkanes of at least 4 members (excludes halogenated alkanes) is 7. The largest absolute Gasteiger partial charge is 0.324 e. The summed E-state index contributed by atoms with van der Waals surface area (Å²) in [6.07, 6.45) is 15.6. The van der Waals surface area contributed by atoms with E-state index >= 15 is 0 Å². The van der Waals surface area contributed by atoms with E-state index in [9.17, 15) is 0 Å². The molecule has 1 aromatic rings. The maximum atomic E-state index is 6.15. The fraction of sp³-hybridized carbons (Fsp3) is 0.688. The Morgan fingerprint density at radius 1 is 0.944 bits per heavy atom. The van der Waals surface area contributed by atoms with Crippen molar-refractivity contribution in [1.29, 1.82) is 0 Å². The summed E-state index contributed by atoms with van der Waals surface area (Å²) in [4.78, 5) is 4.02. The second-order valence-electron chi connectivity index (χ2n) is 5.15. The molecule has 0 aliphatic carbocycles. The van der Waals surface area contributed by atoms with Crippen molar-refractivity contribution < 1.29 is 0 Å². The van der Waals surface area contributed by atoms with Crippen LogP contribution in [0, 0.1) is 0 Å². The van der Waals surface area contributed by atoms with Crippen LogP contribution in [-0.4, -0.2) is 4.98 Å². The molecule has 0 saturated heterocycles. The summed E-state index contributed by atoms with van der Waals surface area (Å²) < 4.78 is 0. The molecule has 1 unspecified atom stereocenters. The Kier molecular flexibility index (Phi) is 8.49. The molecule has 0 aliphatic heterocycles. The van der Waals surface area contributed by atoms with Crippen LogP contribution >= 0.6 is 0 Å². The SMILES string of the molecule is CCCCCCCCCCC(N)c1ccncc1. The van der Waals surface area contributed by atoms with E-state index < -0.39 is 0 Å². The molecule has 18 heavy (non-hydrogen) atoms. The zero-order valence-corrected chi connectivity index (χ0v) is 11.8. The van der Waals surface area contributed by atoms with Gasteiger partial charge < -0.3 is 5.73 Å². The van der Waals surface area contributed by atoms with Crippen LogP contribution in [0.4, 0.5) is 0 Å². The normalized spacial score (nSPS) is 12.6. The van der Waals surface area contributed by atoms with Gasteiger partial charge >= 0.3 is 0 Å². The van der Waals surface area contributed by atoms with E-state index in [1.807, 2.05) is 24.5 Å². The van der Waals surface area contributed by atoms with Gasteiger partial charge in [0.05, 0.1) is 0 Å². The van der Waals surface area contributed by atoms with Crippen LogP contribution in [0.2, 0.25) is 0 Å². The van der Waals surface area contributed by atoms with Gasteiger partial charge in [-0.1, -0.05) is 58.3 Å². The third-order valence-electron chi connectivity index (χ3n) is 3.50. The van der Waals surface area contributed by atoms with Crippen LogP contribution in [0.1, 0.15) is 76.3 Å². The minimum atomic E-state index is 0.188. The van der Waals surface area contributed by atoms with E-state index in [-0.39, 0.29) is 6.04 Å². The number of aromatic nitrogens is 1. The summed E-state index contributed by atoms with van der Waals surface area (Å²) in [5.74, 6) is 0. The molecule has 1 heterocycles. The molecule has 1 atom stereocenters. The summed E-state index contributed by atoms with van der Waals surface area (Å²) in [6.45, 7) is 2.26. The number of hydrogen-bond donors (Lipinski definition) is 1. The lowest BCUT2D eigenvalue weighted by atomic mass is 10.0. The standard InChI is InChI=1S/C16H28N2/c1-2-3-4-5-6-7-8-9-10-16(17)15-11-13-18-14-12-15/h11-14,16H,2-10,17H2,1H3. The first kappa shape index (κ1) is 15.2. The maximum absolute atomic E-state index is 6.15. The summed E-state index contributed by atoms with van der Waals surface area (Å²) in [6, 6.07) is 4.23. The van der Waals surface area contributed by atoms with Gasteiger partial charge in [-0.05, 0) is 24.1 Å². The van der Waals surface area contributed by atoms with Gasteiger partial charge in [0.1, 0.15) is 0 Å². The lowest BCUT2D eigenvalue weighted by Crippen LogP contribution is -2.09. The van der Waals surface area contributed by atoms with Gasteiger partial charge in [0.2, 0.25) is 0 Å². The molecule has 0 spiro atoms. The summed E-state index contributed by atoms with van der Waals surface area (Å²) in [7, 11) is 0. The predicted molar refractivity (Wildman–Crippen MR) is 78.4 cm³/mol. The van der Waals surface area contributed by atoms with Crippen LogP contribution in [-0.2, 0) is 0 Å². The van der Waals surface area contributed by atoms with Crippen molar-refractivity contribution >= 4 is 0 Å². The highest BCUT2D eigenvalue weighted by molar-refractivity contribution is 5.13. The molecule has 2 heteroatoms. The van der Waals surface area contributed by atoms with E-state index in [1.165, 1.54) is 56.9 Å². The monoisotopic (exact) mass is 248 g/mol. The zero-order valence-electron chi connectivity index (χ0n) is 11.8. The van der Waals surface area contributed by atoms with Crippen LogP contribution < -0.4 is 5.73 Å². The molecule has 0 amide bonds. The Labute approximate surface area is 112 Å². The minimum absolute atomic E-state index is 0.188. The molecular formula is C16H28N2. The molecule has 0 aromatic carbocycles. The van der Waals surface area contributed by atoms with E-state index in [1.54, 1.807) is 0 Å². The fourth-order valence-electron chi connectivity index (χ4n) is 2.28. The third-order valence-corrected chi connectivity index (χ3v) is 3.50. The first-order valence-corrected chi connectivity index (χ1v) is 7.50. The molecule has 1 aromatic heterocycles. The smallest absolute Gasteiger partial charge is 0.0295 e. The molecule has 0 bridgehead atoms. The highest BCUT2D eigenvalue weighted by atomic mass is 14.6. The number of hydrogen-bond acceptors (Lipinski definition) is 2. The third kappa shape index (κ3) is 6.75. The van der Waals surface area contributed by atoms with Crippen molar-refractivity contribution in [2.45, 2.75) is 70.8 Å². The van der Waals surface area contributed by atoms with E-state index in [4.69, 9.17) is 5.73 Å². The Morgan fingerprint density at radius 3 is 2.11 bits per heavy atom. The quantitative estimate of drug-likeness (QED) is 0.614. The van der Waals surface area contributed by atoms with Crippen LogP contribution in [0.25, 0.3) is 0 Å². The number of rotatable bonds is 10. The van der Waals surface area contributed by atoms with Crippen LogP contribution in [0.15, 0.2) is 24.5 Å². The Morgan fingerprint density at radius 2 is 1.50 bits per heavy atom. The molecule has 0 fully saturated rings.